The monoisotopic (exact) mass is 730 g/mol. The molecule has 1 aliphatic rings. The maximum Gasteiger partial charge on any atom is 0.278 e. The van der Waals surface area contributed by atoms with E-state index in [0.717, 1.165) is 11.4 Å². The van der Waals surface area contributed by atoms with E-state index in [4.69, 9.17) is 0 Å². The number of aliphatic imine (C=N–C) groups is 1. The lowest BCUT2D eigenvalue weighted by Crippen LogP contribution is -2.49. The van der Waals surface area contributed by atoms with E-state index >= 15 is 4.39 Å². The standard InChI is InChI=1S/C39H39FN10O4/c1-3-7-34(41-4-2)50-35-31(38(54)49(50)20-21-51)24-42-39(44-35)43-26-11-13-27(14-12-26)47-16-18-48(19-17-47)37(53)30-22-25(10-15-32(30)40)23-33-28-8-5-6-9-29(28)36(52)46-45-33/h4-15,22,24,51H,3,16-21,23H2,1-2H3,(H,46,52)(H,42,43,44)/b34-7+,41-4-. The number of nitrogens with one attached hydrogen (secondary N) is 2. The van der Waals surface area contributed by atoms with Gasteiger partial charge >= 0.3 is 0 Å². The number of piperazine rings is 1. The third-order valence-corrected chi connectivity index (χ3v) is 9.32. The van der Waals surface area contributed by atoms with Crippen LogP contribution < -0.4 is 21.3 Å². The predicted octanol–water partition coefficient (Wildman–Crippen LogP) is 4.56. The number of fused-ring (bicyclic) bond motifs is 2. The largest absolute Gasteiger partial charge is 0.394 e. The second-order valence-electron chi connectivity index (χ2n) is 12.7. The normalized spacial score (nSPS) is 13.7. The Bertz CT molecular complexity index is 2510. The Morgan fingerprint density at radius 3 is 2.50 bits per heavy atom. The molecule has 3 N–H and O–H groups in total. The zero-order chi connectivity index (χ0) is 37.8. The molecule has 3 aromatic carbocycles. The first-order chi connectivity index (χ1) is 26.3. The number of aliphatic hydroxyl groups is 1. The first-order valence-corrected chi connectivity index (χ1v) is 17.7. The van der Waals surface area contributed by atoms with E-state index in [1.165, 1.54) is 16.9 Å². The van der Waals surface area contributed by atoms with Gasteiger partial charge < -0.3 is 20.2 Å². The van der Waals surface area contributed by atoms with Crippen LogP contribution in [-0.2, 0) is 13.0 Å². The maximum atomic E-state index is 15.0. The van der Waals surface area contributed by atoms with Crippen LogP contribution in [-0.4, -0.2) is 84.4 Å². The second kappa shape index (κ2) is 15.6. The number of rotatable bonds is 11. The van der Waals surface area contributed by atoms with Crippen molar-refractivity contribution in [1.29, 1.82) is 0 Å². The predicted molar refractivity (Wildman–Crippen MR) is 207 cm³/mol. The zero-order valence-corrected chi connectivity index (χ0v) is 29.9. The van der Waals surface area contributed by atoms with Crippen LogP contribution in [0.2, 0.25) is 0 Å². The molecule has 276 valence electrons. The summed E-state index contributed by atoms with van der Waals surface area (Å²) in [5.41, 5.74) is 2.80. The van der Waals surface area contributed by atoms with E-state index in [2.05, 4.69) is 35.4 Å². The number of carbonyl (C=O) groups is 1. The topological polar surface area (TPSA) is 167 Å². The van der Waals surface area contributed by atoms with Gasteiger partial charge in [0.2, 0.25) is 5.95 Å². The molecule has 54 heavy (non-hydrogen) atoms. The molecule has 3 aromatic heterocycles. The van der Waals surface area contributed by atoms with E-state index < -0.39 is 5.82 Å². The highest BCUT2D eigenvalue weighted by Crippen LogP contribution is 2.25. The number of H-pyrrole nitrogens is 1. The summed E-state index contributed by atoms with van der Waals surface area (Å²) in [6, 6.07) is 19.4. The van der Waals surface area contributed by atoms with Gasteiger partial charge in [-0.1, -0.05) is 31.2 Å². The van der Waals surface area contributed by atoms with Crippen LogP contribution >= 0.6 is 0 Å². The third-order valence-electron chi connectivity index (χ3n) is 9.32. The SMILES string of the molecule is C/C=N\C(=C/CC)n1c2nc(Nc3ccc(N4CCN(C(=O)c5cc(Cc6n[nH]c(=O)c7ccccc67)ccc5F)CC4)cc3)ncc2c(=O)n1CCO. The number of hydrogen-bond acceptors (Lipinski definition) is 10. The summed E-state index contributed by atoms with van der Waals surface area (Å²) in [6.07, 6.45) is 5.99. The van der Waals surface area contributed by atoms with Crippen molar-refractivity contribution in [2.24, 2.45) is 4.99 Å². The molecule has 1 aliphatic heterocycles. The van der Waals surface area contributed by atoms with E-state index in [1.54, 1.807) is 47.0 Å². The van der Waals surface area contributed by atoms with Crippen molar-refractivity contribution in [2.75, 3.05) is 43.0 Å². The van der Waals surface area contributed by atoms with Gasteiger partial charge in [-0.05, 0) is 67.4 Å². The average molecular weight is 731 g/mol. The number of aromatic amines is 1. The Hall–Kier alpha value is -6.48. The van der Waals surface area contributed by atoms with Crippen LogP contribution in [0, 0.1) is 5.82 Å². The summed E-state index contributed by atoms with van der Waals surface area (Å²) < 4.78 is 18.0. The van der Waals surface area contributed by atoms with Crippen molar-refractivity contribution in [3.05, 3.63) is 122 Å². The van der Waals surface area contributed by atoms with Gasteiger partial charge in [-0.25, -0.2) is 28.8 Å². The lowest BCUT2D eigenvalue weighted by atomic mass is 10.0. The van der Waals surface area contributed by atoms with Gasteiger partial charge in [0, 0.05) is 61.8 Å². The molecule has 0 saturated carbocycles. The van der Waals surface area contributed by atoms with Crippen molar-refractivity contribution in [3.63, 3.8) is 0 Å². The van der Waals surface area contributed by atoms with Gasteiger partial charge in [-0.2, -0.15) is 10.1 Å². The van der Waals surface area contributed by atoms with E-state index in [1.807, 2.05) is 49.4 Å². The number of nitrogens with zero attached hydrogens (tertiary/aromatic N) is 8. The second-order valence-corrected chi connectivity index (χ2v) is 12.7. The number of benzene rings is 3. The molecule has 0 unspecified atom stereocenters. The van der Waals surface area contributed by atoms with E-state index in [0.29, 0.717) is 77.9 Å². The maximum absolute atomic E-state index is 15.0. The fourth-order valence-electron chi connectivity index (χ4n) is 6.70. The van der Waals surface area contributed by atoms with Gasteiger partial charge in [-0.15, -0.1) is 0 Å². The van der Waals surface area contributed by atoms with Crippen LogP contribution in [0.4, 0.5) is 21.7 Å². The molecule has 7 rings (SSSR count). The number of halogens is 1. The number of allylic oxidation sites excluding steroid dienone is 1. The summed E-state index contributed by atoms with van der Waals surface area (Å²) in [5, 5.41) is 21.2. The quantitative estimate of drug-likeness (QED) is 0.162. The number of carbonyl (C=O) groups excluding carboxylic acids is 1. The van der Waals surface area contributed by atoms with Gasteiger partial charge in [0.15, 0.2) is 5.65 Å². The summed E-state index contributed by atoms with van der Waals surface area (Å²) in [6.45, 7) is 5.54. The first-order valence-electron chi connectivity index (χ1n) is 17.7. The summed E-state index contributed by atoms with van der Waals surface area (Å²) in [4.78, 5) is 56.2. The molecule has 14 nitrogen and oxygen atoms in total. The number of aliphatic hydroxyl groups excluding tert-OH is 1. The molecule has 1 fully saturated rings. The van der Waals surface area contributed by atoms with Crippen molar-refractivity contribution in [3.8, 4) is 0 Å². The Kier molecular flexibility index (Phi) is 10.4. The molecule has 0 aliphatic carbocycles. The summed E-state index contributed by atoms with van der Waals surface area (Å²) in [7, 11) is 0. The van der Waals surface area contributed by atoms with Gasteiger partial charge in [0.1, 0.15) is 17.0 Å². The third kappa shape index (κ3) is 7.13. The minimum atomic E-state index is -0.588. The highest BCUT2D eigenvalue weighted by atomic mass is 19.1. The highest BCUT2D eigenvalue weighted by Gasteiger charge is 2.25. The highest BCUT2D eigenvalue weighted by molar-refractivity contribution is 5.95. The molecule has 0 radical (unpaired) electrons. The Balaban J connectivity index is 1.02. The molecule has 0 spiro atoms. The first kappa shape index (κ1) is 35.9. The Labute approximate surface area is 308 Å². The van der Waals surface area contributed by atoms with Crippen molar-refractivity contribution >= 4 is 57.1 Å². The van der Waals surface area contributed by atoms with Crippen molar-refractivity contribution in [1.82, 2.24) is 34.4 Å². The Morgan fingerprint density at radius 2 is 1.78 bits per heavy atom. The molecule has 1 amide bonds. The molecule has 15 heteroatoms. The number of hydrogen-bond donors (Lipinski definition) is 3. The van der Waals surface area contributed by atoms with Crippen molar-refractivity contribution < 1.29 is 14.3 Å². The molecular weight excluding hydrogens is 691 g/mol. The van der Waals surface area contributed by atoms with Gasteiger partial charge in [0.05, 0.1) is 29.8 Å². The minimum Gasteiger partial charge on any atom is -0.394 e. The molecule has 0 atom stereocenters. The minimum absolute atomic E-state index is 0.00294. The average Bonchev–Trinajstić information content (AvgIpc) is 3.46. The molecule has 0 bridgehead atoms. The lowest BCUT2D eigenvalue weighted by Gasteiger charge is -2.36. The Morgan fingerprint density at radius 1 is 1.02 bits per heavy atom. The molecule has 1 saturated heterocycles. The summed E-state index contributed by atoms with van der Waals surface area (Å²) in [5.74, 6) is -0.159. The van der Waals surface area contributed by atoms with Crippen LogP contribution in [0.5, 0.6) is 0 Å². The van der Waals surface area contributed by atoms with Gasteiger partial charge in [-0.3, -0.25) is 14.4 Å². The van der Waals surface area contributed by atoms with Crippen LogP contribution in [0.3, 0.4) is 0 Å². The molecule has 6 aromatic rings. The summed E-state index contributed by atoms with van der Waals surface area (Å²) >= 11 is 0. The fourth-order valence-corrected chi connectivity index (χ4v) is 6.70. The smallest absolute Gasteiger partial charge is 0.278 e. The fraction of sp³-hybridized carbons (Fsp3) is 0.256. The van der Waals surface area contributed by atoms with Crippen molar-refractivity contribution in [2.45, 2.75) is 33.2 Å². The van der Waals surface area contributed by atoms with Crippen LogP contribution in [0.15, 0.2) is 93.6 Å². The van der Waals surface area contributed by atoms with Gasteiger partial charge in [0.25, 0.3) is 17.0 Å². The number of amides is 1. The van der Waals surface area contributed by atoms with Crippen LogP contribution in [0.25, 0.3) is 27.6 Å². The van der Waals surface area contributed by atoms with E-state index in [-0.39, 0.29) is 41.7 Å². The van der Waals surface area contributed by atoms with Crippen LogP contribution in [0.1, 0.15) is 41.9 Å². The lowest BCUT2D eigenvalue weighted by molar-refractivity contribution is 0.0742. The zero-order valence-electron chi connectivity index (χ0n) is 29.9. The molecule has 4 heterocycles. The van der Waals surface area contributed by atoms with E-state index in [9.17, 15) is 19.5 Å². The number of aromatic nitrogens is 6. The number of anilines is 3. The molecular formula is C39H39FN10O4.